The van der Waals surface area contributed by atoms with Crippen LogP contribution in [0.5, 0.6) is 0 Å². The normalized spacial score (nSPS) is 10.9. The molecule has 0 aromatic heterocycles. The molecular formula is C10H20NO6P. The Hall–Kier alpha value is -0.430. The van der Waals surface area contributed by atoms with Crippen molar-refractivity contribution in [1.29, 1.82) is 0 Å². The van der Waals surface area contributed by atoms with Crippen molar-refractivity contribution in [3.63, 3.8) is 0 Å². The van der Waals surface area contributed by atoms with Crippen LogP contribution in [-0.2, 0) is 28.5 Å². The van der Waals surface area contributed by atoms with Gasteiger partial charge in [-0.25, -0.2) is 0 Å². The summed E-state index contributed by atoms with van der Waals surface area (Å²) in [6.45, 7) is 1.03. The Bertz CT molecular complexity index is 227. The minimum absolute atomic E-state index is 0.171. The van der Waals surface area contributed by atoms with E-state index in [1.807, 2.05) is 0 Å². The Labute approximate surface area is 108 Å². The third-order valence-corrected chi connectivity index (χ3v) is 3.19. The van der Waals surface area contributed by atoms with Gasteiger partial charge in [0.15, 0.2) is 0 Å². The van der Waals surface area contributed by atoms with Crippen LogP contribution in [-0.4, -0.2) is 64.9 Å². The van der Waals surface area contributed by atoms with Gasteiger partial charge < -0.3 is 18.9 Å². The molecule has 0 aliphatic heterocycles. The van der Waals surface area contributed by atoms with Gasteiger partial charge in [0.05, 0.1) is 26.4 Å². The Kier molecular flexibility index (Phi) is 11.4. The fraction of sp³-hybridized carbons (Fsp3) is 0.800. The van der Waals surface area contributed by atoms with Crippen LogP contribution in [0.4, 0.5) is 0 Å². The molecule has 106 valence electrons. The van der Waals surface area contributed by atoms with Crippen LogP contribution in [0.1, 0.15) is 0 Å². The third kappa shape index (κ3) is 8.63. The number of rotatable bonds is 12. The first-order valence-electron chi connectivity index (χ1n) is 5.37. The summed E-state index contributed by atoms with van der Waals surface area (Å²) in [5.41, 5.74) is 4.73. The summed E-state index contributed by atoms with van der Waals surface area (Å²) in [6.07, 6.45) is 0. The molecule has 0 aromatic rings. The van der Waals surface area contributed by atoms with Gasteiger partial charge in [-0.1, -0.05) is 0 Å². The number of carbonyl (C=O) groups excluding carboxylic acids is 2. The van der Waals surface area contributed by atoms with Crippen LogP contribution in [0.25, 0.3) is 0 Å². The summed E-state index contributed by atoms with van der Waals surface area (Å²) >= 11 is 0. The summed E-state index contributed by atoms with van der Waals surface area (Å²) in [6, 6.07) is 0. The Morgan fingerprint density at radius 2 is 1.28 bits per heavy atom. The number of carbonyl (C=O) groups is 2. The van der Waals surface area contributed by atoms with E-state index in [4.69, 9.17) is 24.5 Å². The third-order valence-electron chi connectivity index (χ3n) is 1.85. The van der Waals surface area contributed by atoms with E-state index in [-0.39, 0.29) is 13.2 Å². The van der Waals surface area contributed by atoms with Crippen LogP contribution in [0, 0.1) is 0 Å². The molecule has 0 aliphatic carbocycles. The molecule has 0 saturated carbocycles. The molecule has 0 aromatic carbocycles. The second kappa shape index (κ2) is 11.6. The molecular weight excluding hydrogens is 261 g/mol. The smallest absolute Gasteiger partial charge is 0.202 e. The summed E-state index contributed by atoms with van der Waals surface area (Å²) in [5, 5.41) is 0. The first-order valence-corrected chi connectivity index (χ1v) is 6.78. The molecule has 2 N–H and O–H groups in total. The molecule has 0 saturated heterocycles. The standard InChI is InChI=1S/C10H20NO6P/c1-14-3-5-16-7-9(12)18(11)10(13)8-17-6-4-15-2/h3-8,11H2,1-2H3. The van der Waals surface area contributed by atoms with E-state index in [9.17, 15) is 9.59 Å². The molecule has 0 bridgehead atoms. The number of ether oxygens (including phenoxy) is 4. The molecule has 0 aliphatic rings. The van der Waals surface area contributed by atoms with Gasteiger partial charge >= 0.3 is 0 Å². The first-order chi connectivity index (χ1) is 8.63. The zero-order chi connectivity index (χ0) is 13.8. The maximum atomic E-state index is 11.5. The molecule has 7 nitrogen and oxygen atoms in total. The predicted molar refractivity (Wildman–Crippen MR) is 66.5 cm³/mol. The lowest BCUT2D eigenvalue weighted by molar-refractivity contribution is -0.119. The fourth-order valence-electron chi connectivity index (χ4n) is 0.882. The minimum atomic E-state index is -1.85. The lowest BCUT2D eigenvalue weighted by Gasteiger charge is -2.10. The van der Waals surface area contributed by atoms with Gasteiger partial charge in [-0.3, -0.25) is 15.1 Å². The van der Waals surface area contributed by atoms with Gasteiger partial charge in [0, 0.05) is 14.2 Å². The molecule has 0 amide bonds. The second-order valence-corrected chi connectivity index (χ2v) is 4.99. The molecule has 0 radical (unpaired) electrons. The van der Waals surface area contributed by atoms with E-state index in [2.05, 4.69) is 0 Å². The van der Waals surface area contributed by atoms with E-state index in [1.54, 1.807) is 0 Å². The van der Waals surface area contributed by atoms with Crippen molar-refractivity contribution in [3.05, 3.63) is 0 Å². The molecule has 0 heterocycles. The summed E-state index contributed by atoms with van der Waals surface area (Å²) < 4.78 is 19.5. The van der Waals surface area contributed by atoms with Gasteiger partial charge in [-0.15, -0.1) is 0 Å². The van der Waals surface area contributed by atoms with Gasteiger partial charge in [0.1, 0.15) is 21.3 Å². The number of methoxy groups -OCH3 is 2. The molecule has 0 unspecified atom stereocenters. The maximum absolute atomic E-state index is 11.5. The van der Waals surface area contributed by atoms with E-state index in [0.717, 1.165) is 0 Å². The van der Waals surface area contributed by atoms with E-state index in [1.165, 1.54) is 14.2 Å². The van der Waals surface area contributed by atoms with Crippen LogP contribution in [0.2, 0.25) is 0 Å². The quantitative estimate of drug-likeness (QED) is 0.388. The Balaban J connectivity index is 3.72. The van der Waals surface area contributed by atoms with E-state index < -0.39 is 19.1 Å². The van der Waals surface area contributed by atoms with Gasteiger partial charge in [0.25, 0.3) is 0 Å². The van der Waals surface area contributed by atoms with Crippen LogP contribution in [0.3, 0.4) is 0 Å². The van der Waals surface area contributed by atoms with E-state index in [0.29, 0.717) is 26.4 Å². The molecule has 0 atom stereocenters. The SMILES string of the molecule is COCCOCC(=O)P(N)C(=O)COCCOC. The van der Waals surface area contributed by atoms with Crippen molar-refractivity contribution in [2.75, 3.05) is 53.9 Å². The fourth-order valence-corrected chi connectivity index (χ4v) is 1.62. The summed E-state index contributed by atoms with van der Waals surface area (Å²) in [7, 11) is 1.21. The topological polar surface area (TPSA) is 97.1 Å². The van der Waals surface area contributed by atoms with E-state index >= 15 is 0 Å². The average molecular weight is 281 g/mol. The lowest BCUT2D eigenvalue weighted by atomic mass is 10.7. The molecule has 8 heteroatoms. The highest BCUT2D eigenvalue weighted by Crippen LogP contribution is 2.27. The minimum Gasteiger partial charge on any atom is -0.382 e. The van der Waals surface area contributed by atoms with Crippen molar-refractivity contribution in [3.8, 4) is 0 Å². The molecule has 0 spiro atoms. The highest BCUT2D eigenvalue weighted by atomic mass is 31.1. The van der Waals surface area contributed by atoms with Crippen LogP contribution in [0.15, 0.2) is 0 Å². The maximum Gasteiger partial charge on any atom is 0.202 e. The Morgan fingerprint density at radius 1 is 0.889 bits per heavy atom. The Morgan fingerprint density at radius 3 is 1.61 bits per heavy atom. The molecule has 18 heavy (non-hydrogen) atoms. The zero-order valence-corrected chi connectivity index (χ0v) is 11.6. The van der Waals surface area contributed by atoms with Gasteiger partial charge in [-0.05, 0) is 0 Å². The van der Waals surface area contributed by atoms with Gasteiger partial charge in [0.2, 0.25) is 11.0 Å². The second-order valence-electron chi connectivity index (χ2n) is 3.25. The van der Waals surface area contributed by atoms with Crippen LogP contribution >= 0.6 is 8.07 Å². The van der Waals surface area contributed by atoms with Gasteiger partial charge in [-0.2, -0.15) is 0 Å². The molecule has 0 rings (SSSR count). The number of hydrogen-bond acceptors (Lipinski definition) is 7. The zero-order valence-electron chi connectivity index (χ0n) is 10.7. The summed E-state index contributed by atoms with van der Waals surface area (Å²) in [4.78, 5) is 22.9. The van der Waals surface area contributed by atoms with Crippen molar-refractivity contribution in [2.45, 2.75) is 0 Å². The lowest BCUT2D eigenvalue weighted by Crippen LogP contribution is -2.21. The predicted octanol–water partition coefficient (Wildman–Crippen LogP) is -0.279. The highest BCUT2D eigenvalue weighted by molar-refractivity contribution is 7.87. The number of hydrogen-bond donors (Lipinski definition) is 1. The largest absolute Gasteiger partial charge is 0.382 e. The monoisotopic (exact) mass is 281 g/mol. The van der Waals surface area contributed by atoms with Crippen LogP contribution < -0.4 is 5.50 Å². The first kappa shape index (κ1) is 17.6. The van der Waals surface area contributed by atoms with Crippen molar-refractivity contribution < 1.29 is 28.5 Å². The number of nitrogens with two attached hydrogens (primary N) is 1. The average Bonchev–Trinajstić information content (AvgIpc) is 2.38. The summed E-state index contributed by atoms with van der Waals surface area (Å²) in [5.74, 6) is 0. The van der Waals surface area contributed by atoms with Crippen molar-refractivity contribution >= 4 is 19.1 Å². The molecule has 0 fully saturated rings. The highest BCUT2D eigenvalue weighted by Gasteiger charge is 2.22. The van der Waals surface area contributed by atoms with Crippen molar-refractivity contribution in [2.24, 2.45) is 5.50 Å². The van der Waals surface area contributed by atoms with Crippen molar-refractivity contribution in [1.82, 2.24) is 0 Å².